The Morgan fingerprint density at radius 2 is 1.77 bits per heavy atom. The van der Waals surface area contributed by atoms with Gasteiger partial charge >= 0.3 is 0 Å². The molecule has 1 heterocycles. The zero-order chi connectivity index (χ0) is 18.9. The molecule has 0 bridgehead atoms. The van der Waals surface area contributed by atoms with Gasteiger partial charge in [-0.2, -0.15) is 5.10 Å². The Morgan fingerprint density at radius 3 is 2.42 bits per heavy atom. The van der Waals surface area contributed by atoms with E-state index < -0.39 is 9.84 Å². The first-order valence-electron chi connectivity index (χ1n) is 8.00. The molecule has 0 spiro atoms. The summed E-state index contributed by atoms with van der Waals surface area (Å²) in [4.78, 5) is 12.7. The molecule has 0 aliphatic rings. The zero-order valence-electron chi connectivity index (χ0n) is 14.7. The smallest absolute Gasteiger partial charge is 0.255 e. The van der Waals surface area contributed by atoms with Crippen LogP contribution in [0.15, 0.2) is 59.5 Å². The number of aromatic nitrogens is 2. The molecule has 3 aromatic rings. The Bertz CT molecular complexity index is 1080. The normalized spacial score (nSPS) is 11.3. The quantitative estimate of drug-likeness (QED) is 0.766. The highest BCUT2D eigenvalue weighted by molar-refractivity contribution is 7.90. The first-order valence-corrected chi connectivity index (χ1v) is 9.89. The lowest BCUT2D eigenvalue weighted by atomic mass is 10.2. The molecular weight excluding hydrogens is 350 g/mol. The molecule has 1 aromatic heterocycles. The van der Waals surface area contributed by atoms with Gasteiger partial charge in [0.1, 0.15) is 0 Å². The van der Waals surface area contributed by atoms with E-state index in [1.807, 2.05) is 38.1 Å². The van der Waals surface area contributed by atoms with Crippen LogP contribution in [0.3, 0.4) is 0 Å². The maximum atomic E-state index is 12.6. The van der Waals surface area contributed by atoms with Gasteiger partial charge in [-0.25, -0.2) is 13.1 Å². The van der Waals surface area contributed by atoms with Crippen LogP contribution >= 0.6 is 0 Å². The van der Waals surface area contributed by atoms with Crippen molar-refractivity contribution in [2.45, 2.75) is 18.7 Å². The Kier molecular flexibility index (Phi) is 4.65. The van der Waals surface area contributed by atoms with Gasteiger partial charge in [0.2, 0.25) is 0 Å². The van der Waals surface area contributed by atoms with Crippen molar-refractivity contribution in [1.82, 2.24) is 9.78 Å². The van der Waals surface area contributed by atoms with Crippen LogP contribution in [0.4, 0.5) is 5.69 Å². The molecule has 0 aliphatic heterocycles. The minimum absolute atomic E-state index is 0.108. The zero-order valence-corrected chi connectivity index (χ0v) is 15.5. The molecule has 0 fully saturated rings. The van der Waals surface area contributed by atoms with Gasteiger partial charge in [-0.05, 0) is 50.2 Å². The van der Waals surface area contributed by atoms with Crippen molar-refractivity contribution in [3.05, 3.63) is 71.5 Å². The van der Waals surface area contributed by atoms with E-state index in [0.29, 0.717) is 5.69 Å². The molecule has 134 valence electrons. The van der Waals surface area contributed by atoms with E-state index in [0.717, 1.165) is 23.3 Å². The molecule has 0 aliphatic carbocycles. The predicted octanol–water partition coefficient (Wildman–Crippen LogP) is 3.14. The van der Waals surface area contributed by atoms with Crippen LogP contribution in [0.25, 0.3) is 5.69 Å². The third-order valence-electron chi connectivity index (χ3n) is 3.91. The average molecular weight is 369 g/mol. The molecule has 0 saturated carbocycles. The highest BCUT2D eigenvalue weighted by atomic mass is 32.2. The molecule has 0 saturated heterocycles. The van der Waals surface area contributed by atoms with Crippen molar-refractivity contribution in [3.63, 3.8) is 0 Å². The van der Waals surface area contributed by atoms with E-state index in [1.54, 1.807) is 22.9 Å². The molecule has 3 rings (SSSR count). The molecule has 0 atom stereocenters. The minimum atomic E-state index is -3.38. The van der Waals surface area contributed by atoms with Gasteiger partial charge < -0.3 is 5.32 Å². The summed E-state index contributed by atoms with van der Waals surface area (Å²) in [6.45, 7) is 3.84. The highest BCUT2D eigenvalue weighted by Crippen LogP contribution is 2.22. The largest absolute Gasteiger partial charge is 0.320 e. The molecule has 26 heavy (non-hydrogen) atoms. The molecule has 6 nitrogen and oxygen atoms in total. The predicted molar refractivity (Wildman–Crippen MR) is 101 cm³/mol. The lowest BCUT2D eigenvalue weighted by molar-refractivity contribution is 0.102. The fraction of sp³-hybridized carbons (Fsp3) is 0.158. The van der Waals surface area contributed by atoms with Crippen LogP contribution in [0.1, 0.15) is 21.7 Å². The SMILES string of the molecule is Cc1cc(C)n(-c2ccccc2NC(=O)c2cccc(S(C)(=O)=O)c2)n1. The lowest BCUT2D eigenvalue weighted by Crippen LogP contribution is -2.15. The van der Waals surface area contributed by atoms with E-state index in [-0.39, 0.29) is 16.4 Å². The number of hydrogen-bond donors (Lipinski definition) is 1. The maximum Gasteiger partial charge on any atom is 0.255 e. The fourth-order valence-electron chi connectivity index (χ4n) is 2.70. The Hall–Kier alpha value is -2.93. The number of benzene rings is 2. The first kappa shape index (κ1) is 17.9. The summed E-state index contributed by atoms with van der Waals surface area (Å²) < 4.78 is 25.2. The number of nitrogens with zero attached hydrogens (tertiary/aromatic N) is 2. The van der Waals surface area contributed by atoms with E-state index in [1.165, 1.54) is 12.1 Å². The van der Waals surface area contributed by atoms with Gasteiger partial charge in [0.15, 0.2) is 9.84 Å². The number of rotatable bonds is 4. The lowest BCUT2D eigenvalue weighted by Gasteiger charge is -2.13. The second-order valence-electron chi connectivity index (χ2n) is 6.11. The molecule has 0 radical (unpaired) electrons. The van der Waals surface area contributed by atoms with Crippen molar-refractivity contribution in [2.75, 3.05) is 11.6 Å². The van der Waals surface area contributed by atoms with Gasteiger partial charge in [0.05, 0.1) is 22.0 Å². The number of para-hydroxylation sites is 2. The van der Waals surface area contributed by atoms with Crippen LogP contribution < -0.4 is 5.32 Å². The van der Waals surface area contributed by atoms with Crippen LogP contribution in [-0.4, -0.2) is 30.4 Å². The summed E-state index contributed by atoms with van der Waals surface area (Å²) in [5.74, 6) is -0.385. The van der Waals surface area contributed by atoms with Crippen LogP contribution in [0.2, 0.25) is 0 Å². The minimum Gasteiger partial charge on any atom is -0.320 e. The highest BCUT2D eigenvalue weighted by Gasteiger charge is 2.14. The molecule has 0 unspecified atom stereocenters. The topological polar surface area (TPSA) is 81.1 Å². The Morgan fingerprint density at radius 1 is 1.04 bits per heavy atom. The van der Waals surface area contributed by atoms with E-state index in [4.69, 9.17) is 0 Å². The standard InChI is InChI=1S/C19H19N3O3S/c1-13-11-14(2)22(21-13)18-10-5-4-9-17(18)20-19(23)15-7-6-8-16(12-15)26(3,24)25/h4-12H,1-3H3,(H,20,23). The Balaban J connectivity index is 1.95. The van der Waals surface area contributed by atoms with Gasteiger partial charge in [-0.3, -0.25) is 4.79 Å². The van der Waals surface area contributed by atoms with Gasteiger partial charge in [-0.15, -0.1) is 0 Å². The molecule has 2 aromatic carbocycles. The number of amides is 1. The third-order valence-corrected chi connectivity index (χ3v) is 5.02. The van der Waals surface area contributed by atoms with E-state index in [9.17, 15) is 13.2 Å². The average Bonchev–Trinajstić information content (AvgIpc) is 2.93. The Labute approximate surface area is 152 Å². The summed E-state index contributed by atoms with van der Waals surface area (Å²) in [6.07, 6.45) is 1.11. The summed E-state index contributed by atoms with van der Waals surface area (Å²) >= 11 is 0. The molecule has 1 N–H and O–H groups in total. The van der Waals surface area contributed by atoms with Crippen molar-refractivity contribution in [3.8, 4) is 5.69 Å². The number of nitrogens with one attached hydrogen (secondary N) is 1. The van der Waals surface area contributed by atoms with Gasteiger partial charge in [0, 0.05) is 17.5 Å². The molecule has 7 heteroatoms. The number of carbonyl (C=O) groups excluding carboxylic acids is 1. The fourth-order valence-corrected chi connectivity index (χ4v) is 3.37. The number of hydrogen-bond acceptors (Lipinski definition) is 4. The summed E-state index contributed by atoms with van der Waals surface area (Å²) in [5, 5.41) is 7.30. The number of anilines is 1. The summed E-state index contributed by atoms with van der Waals surface area (Å²) in [5.41, 5.74) is 3.43. The van der Waals surface area contributed by atoms with Crippen molar-refractivity contribution >= 4 is 21.4 Å². The van der Waals surface area contributed by atoms with Crippen molar-refractivity contribution < 1.29 is 13.2 Å². The van der Waals surface area contributed by atoms with Crippen molar-refractivity contribution in [2.24, 2.45) is 0 Å². The summed E-state index contributed by atoms with van der Waals surface area (Å²) in [7, 11) is -3.38. The number of carbonyl (C=O) groups is 1. The van der Waals surface area contributed by atoms with E-state index in [2.05, 4.69) is 10.4 Å². The second-order valence-corrected chi connectivity index (χ2v) is 8.13. The van der Waals surface area contributed by atoms with Crippen LogP contribution in [0.5, 0.6) is 0 Å². The van der Waals surface area contributed by atoms with Crippen LogP contribution in [0, 0.1) is 13.8 Å². The molecule has 1 amide bonds. The number of sulfone groups is 1. The monoisotopic (exact) mass is 369 g/mol. The molecular formula is C19H19N3O3S. The third kappa shape index (κ3) is 3.67. The maximum absolute atomic E-state index is 12.6. The second kappa shape index (κ2) is 6.76. The van der Waals surface area contributed by atoms with Crippen molar-refractivity contribution in [1.29, 1.82) is 0 Å². The van der Waals surface area contributed by atoms with Gasteiger partial charge in [0.25, 0.3) is 5.91 Å². The van der Waals surface area contributed by atoms with E-state index >= 15 is 0 Å². The number of aryl methyl sites for hydroxylation is 2. The van der Waals surface area contributed by atoms with Crippen LogP contribution in [-0.2, 0) is 9.84 Å². The summed E-state index contributed by atoms with van der Waals surface area (Å²) in [6, 6.07) is 15.3. The van der Waals surface area contributed by atoms with Gasteiger partial charge in [-0.1, -0.05) is 18.2 Å². The first-order chi connectivity index (χ1) is 12.3.